The summed E-state index contributed by atoms with van der Waals surface area (Å²) in [7, 11) is 0. The average Bonchev–Trinajstić information content (AvgIpc) is 3.28. The molecular formula is C17H21ClN4O2. The molecule has 7 heteroatoms. The van der Waals surface area contributed by atoms with Crippen molar-refractivity contribution in [3.63, 3.8) is 0 Å². The molecule has 3 rings (SSSR count). The second-order valence-corrected chi connectivity index (χ2v) is 6.32. The first kappa shape index (κ1) is 16.8. The molecule has 1 aliphatic rings. The summed E-state index contributed by atoms with van der Waals surface area (Å²) in [4.78, 5) is 14.1. The van der Waals surface area contributed by atoms with E-state index >= 15 is 0 Å². The summed E-state index contributed by atoms with van der Waals surface area (Å²) < 4.78 is 1.82. The van der Waals surface area contributed by atoms with Gasteiger partial charge < -0.3 is 15.3 Å². The fourth-order valence-corrected chi connectivity index (χ4v) is 2.87. The van der Waals surface area contributed by atoms with Crippen molar-refractivity contribution in [3.05, 3.63) is 53.3 Å². The lowest BCUT2D eigenvalue weighted by atomic mass is 10.1. The van der Waals surface area contributed by atoms with Crippen molar-refractivity contribution in [3.8, 4) is 0 Å². The van der Waals surface area contributed by atoms with Crippen LogP contribution in [-0.4, -0.2) is 51.6 Å². The Labute approximate surface area is 146 Å². The molecule has 1 aromatic heterocycles. The maximum Gasteiger partial charge on any atom is 0.317 e. The quantitative estimate of drug-likeness (QED) is 0.806. The van der Waals surface area contributed by atoms with Crippen LogP contribution in [0.4, 0.5) is 4.79 Å². The Bertz CT molecular complexity index is 656. The van der Waals surface area contributed by atoms with Crippen LogP contribution in [0.25, 0.3) is 0 Å². The van der Waals surface area contributed by atoms with Gasteiger partial charge in [0.25, 0.3) is 0 Å². The molecule has 6 nitrogen and oxygen atoms in total. The molecule has 24 heavy (non-hydrogen) atoms. The number of carbonyl (C=O) groups is 1. The molecule has 128 valence electrons. The van der Waals surface area contributed by atoms with Crippen LogP contribution in [0, 0.1) is 0 Å². The Hall–Kier alpha value is -2.05. The number of aromatic nitrogens is 2. The fraction of sp³-hybridized carbons (Fsp3) is 0.412. The Morgan fingerprint density at radius 1 is 1.42 bits per heavy atom. The van der Waals surface area contributed by atoms with Crippen LogP contribution < -0.4 is 5.32 Å². The highest BCUT2D eigenvalue weighted by molar-refractivity contribution is 6.30. The Balaban J connectivity index is 1.70. The van der Waals surface area contributed by atoms with Crippen molar-refractivity contribution in [2.75, 3.05) is 19.7 Å². The maximum atomic E-state index is 12.4. The predicted molar refractivity (Wildman–Crippen MR) is 92.0 cm³/mol. The summed E-state index contributed by atoms with van der Waals surface area (Å²) in [5.74, 6) is 0. The van der Waals surface area contributed by atoms with E-state index in [1.165, 1.54) is 0 Å². The molecule has 1 fully saturated rings. The van der Waals surface area contributed by atoms with E-state index in [1.54, 1.807) is 11.1 Å². The lowest BCUT2D eigenvalue weighted by Gasteiger charge is -2.24. The number of carbonyl (C=O) groups excluding carboxylic acids is 1. The van der Waals surface area contributed by atoms with Gasteiger partial charge in [-0.3, -0.25) is 4.68 Å². The van der Waals surface area contributed by atoms with Gasteiger partial charge in [0.2, 0.25) is 0 Å². The van der Waals surface area contributed by atoms with E-state index < -0.39 is 0 Å². The van der Waals surface area contributed by atoms with Gasteiger partial charge in [-0.25, -0.2) is 4.79 Å². The van der Waals surface area contributed by atoms with Gasteiger partial charge in [-0.15, -0.1) is 0 Å². The first-order valence-electron chi connectivity index (χ1n) is 8.09. The van der Waals surface area contributed by atoms with Gasteiger partial charge in [-0.1, -0.05) is 23.7 Å². The van der Waals surface area contributed by atoms with Crippen LogP contribution in [0.1, 0.15) is 24.4 Å². The first-order valence-corrected chi connectivity index (χ1v) is 8.46. The van der Waals surface area contributed by atoms with Crippen molar-refractivity contribution < 1.29 is 9.90 Å². The van der Waals surface area contributed by atoms with Gasteiger partial charge in [0.05, 0.1) is 12.6 Å². The van der Waals surface area contributed by atoms with E-state index in [2.05, 4.69) is 10.4 Å². The normalized spacial score (nSPS) is 15.1. The van der Waals surface area contributed by atoms with Gasteiger partial charge in [0, 0.05) is 36.5 Å². The van der Waals surface area contributed by atoms with Crippen LogP contribution in [0.2, 0.25) is 5.02 Å². The van der Waals surface area contributed by atoms with Gasteiger partial charge >= 0.3 is 6.03 Å². The number of halogens is 1. The second kappa shape index (κ2) is 7.68. The number of rotatable bonds is 7. The number of amides is 2. The molecule has 1 heterocycles. The highest BCUT2D eigenvalue weighted by atomic mass is 35.5. The highest BCUT2D eigenvalue weighted by Gasteiger charge is 2.32. The Morgan fingerprint density at radius 3 is 2.75 bits per heavy atom. The summed E-state index contributed by atoms with van der Waals surface area (Å²) in [6.07, 6.45) is 5.60. The van der Waals surface area contributed by atoms with Crippen LogP contribution in [0.5, 0.6) is 0 Å². The minimum Gasteiger partial charge on any atom is -0.395 e. The van der Waals surface area contributed by atoms with Crippen LogP contribution in [0.15, 0.2) is 42.7 Å². The molecule has 1 aliphatic carbocycles. The molecule has 0 bridgehead atoms. The SMILES string of the molecule is O=C(NCC(c1ccc(Cl)cc1)n1cccn1)N(CCO)C1CC1. The maximum absolute atomic E-state index is 12.4. The number of benzene rings is 1. The summed E-state index contributed by atoms with van der Waals surface area (Å²) in [6.45, 7) is 0.754. The van der Waals surface area contributed by atoms with Gasteiger partial charge in [-0.05, 0) is 36.6 Å². The molecule has 0 saturated heterocycles. The summed E-state index contributed by atoms with van der Waals surface area (Å²) in [6, 6.07) is 9.40. The van der Waals surface area contributed by atoms with Crippen molar-refractivity contribution >= 4 is 17.6 Å². The average molecular weight is 349 g/mol. The number of aliphatic hydroxyl groups is 1. The zero-order valence-electron chi connectivity index (χ0n) is 13.3. The minimum absolute atomic E-state index is 0.0241. The van der Waals surface area contributed by atoms with Gasteiger partial charge in [-0.2, -0.15) is 5.10 Å². The van der Waals surface area contributed by atoms with E-state index in [0.717, 1.165) is 18.4 Å². The van der Waals surface area contributed by atoms with Crippen LogP contribution in [-0.2, 0) is 0 Å². The van der Waals surface area contributed by atoms with E-state index in [0.29, 0.717) is 18.1 Å². The molecule has 0 radical (unpaired) electrons. The van der Waals surface area contributed by atoms with Crippen molar-refractivity contribution in [1.82, 2.24) is 20.0 Å². The number of nitrogens with one attached hydrogen (secondary N) is 1. The molecule has 1 unspecified atom stereocenters. The molecule has 2 N–H and O–H groups in total. The third kappa shape index (κ3) is 4.07. The van der Waals surface area contributed by atoms with E-state index in [-0.39, 0.29) is 24.7 Å². The fourth-order valence-electron chi connectivity index (χ4n) is 2.74. The molecule has 1 atom stereocenters. The molecule has 0 spiro atoms. The molecular weight excluding hydrogens is 328 g/mol. The lowest BCUT2D eigenvalue weighted by molar-refractivity contribution is 0.172. The summed E-state index contributed by atoms with van der Waals surface area (Å²) >= 11 is 5.96. The van der Waals surface area contributed by atoms with Gasteiger partial charge in [0.1, 0.15) is 0 Å². The Kier molecular flexibility index (Phi) is 5.37. The Morgan fingerprint density at radius 2 is 2.17 bits per heavy atom. The van der Waals surface area contributed by atoms with E-state index in [4.69, 9.17) is 16.7 Å². The molecule has 1 saturated carbocycles. The largest absolute Gasteiger partial charge is 0.395 e. The second-order valence-electron chi connectivity index (χ2n) is 5.89. The topological polar surface area (TPSA) is 70.4 Å². The lowest BCUT2D eigenvalue weighted by Crippen LogP contribution is -2.44. The van der Waals surface area contributed by atoms with Gasteiger partial charge in [0.15, 0.2) is 0 Å². The summed E-state index contributed by atoms with van der Waals surface area (Å²) in [5.41, 5.74) is 1.02. The van der Waals surface area contributed by atoms with E-state index in [1.807, 2.05) is 41.2 Å². The zero-order valence-corrected chi connectivity index (χ0v) is 14.1. The number of nitrogens with zero attached hydrogens (tertiary/aromatic N) is 3. The highest BCUT2D eigenvalue weighted by Crippen LogP contribution is 2.26. The molecule has 0 aliphatic heterocycles. The third-order valence-electron chi connectivity index (χ3n) is 4.14. The minimum atomic E-state index is -0.141. The van der Waals surface area contributed by atoms with E-state index in [9.17, 15) is 4.79 Å². The van der Waals surface area contributed by atoms with Crippen molar-refractivity contribution in [2.45, 2.75) is 24.9 Å². The number of urea groups is 1. The predicted octanol–water partition coefficient (Wildman–Crippen LogP) is 2.29. The molecule has 1 aromatic carbocycles. The zero-order chi connectivity index (χ0) is 16.9. The van der Waals surface area contributed by atoms with Crippen LogP contribution >= 0.6 is 11.6 Å². The first-order chi connectivity index (χ1) is 11.7. The van der Waals surface area contributed by atoms with Crippen molar-refractivity contribution in [2.24, 2.45) is 0 Å². The molecule has 2 aromatic rings. The number of aliphatic hydroxyl groups excluding tert-OH is 1. The standard InChI is InChI=1S/C17H21ClN4O2/c18-14-4-2-13(3-5-14)16(22-9-1-8-20-22)12-19-17(24)21(10-11-23)15-6-7-15/h1-5,8-9,15-16,23H,6-7,10-12H2,(H,19,24). The summed E-state index contributed by atoms with van der Waals surface area (Å²) in [5, 5.41) is 17.1. The number of hydrogen-bond acceptors (Lipinski definition) is 3. The smallest absolute Gasteiger partial charge is 0.317 e. The van der Waals surface area contributed by atoms with Crippen LogP contribution in [0.3, 0.4) is 0 Å². The molecule has 2 amide bonds. The number of hydrogen-bond donors (Lipinski definition) is 2. The van der Waals surface area contributed by atoms with Crippen molar-refractivity contribution in [1.29, 1.82) is 0 Å². The monoisotopic (exact) mass is 348 g/mol. The third-order valence-corrected chi connectivity index (χ3v) is 4.39.